The third kappa shape index (κ3) is 1.30. The highest BCUT2D eigenvalue weighted by molar-refractivity contribution is 5.56. The average molecular weight is 191 g/mol. The summed E-state index contributed by atoms with van der Waals surface area (Å²) in [5.41, 5.74) is 2.03. The van der Waals surface area contributed by atoms with E-state index >= 15 is 0 Å². The Labute approximate surface area is 82.4 Å². The fraction of sp³-hybridized carbons (Fsp3) is 0.444. The third-order valence-corrected chi connectivity index (χ3v) is 2.21. The van der Waals surface area contributed by atoms with Crippen molar-refractivity contribution in [1.29, 1.82) is 0 Å². The molecule has 0 fully saturated rings. The summed E-state index contributed by atoms with van der Waals surface area (Å²) in [6.45, 7) is 4.92. The lowest BCUT2D eigenvalue weighted by molar-refractivity contribution is 0.756. The first-order valence-electron chi connectivity index (χ1n) is 4.60. The first-order valence-corrected chi connectivity index (χ1v) is 4.60. The van der Waals surface area contributed by atoms with Gasteiger partial charge >= 0.3 is 0 Å². The molecule has 0 atom stereocenters. The molecule has 0 aliphatic carbocycles. The standard InChI is InChI=1S/C9H13N5/c1-4-14-6-10-11-9(14)8-5-13(3)12-7(8)2/h5-6H,4H2,1-3H3. The quantitative estimate of drug-likeness (QED) is 0.711. The van der Waals surface area contributed by atoms with Crippen molar-refractivity contribution >= 4 is 0 Å². The number of aromatic nitrogens is 5. The number of rotatable bonds is 2. The van der Waals surface area contributed by atoms with Crippen LogP contribution in [0.4, 0.5) is 0 Å². The lowest BCUT2D eigenvalue weighted by Gasteiger charge is -2.00. The zero-order valence-corrected chi connectivity index (χ0v) is 8.60. The van der Waals surface area contributed by atoms with Gasteiger partial charge in [-0.15, -0.1) is 10.2 Å². The summed E-state index contributed by atoms with van der Waals surface area (Å²) < 4.78 is 3.80. The molecule has 14 heavy (non-hydrogen) atoms. The summed E-state index contributed by atoms with van der Waals surface area (Å²) in [5, 5.41) is 12.3. The Bertz CT molecular complexity index is 440. The van der Waals surface area contributed by atoms with Crippen LogP contribution in [0.25, 0.3) is 11.4 Å². The molecule has 2 aromatic rings. The lowest BCUT2D eigenvalue weighted by Crippen LogP contribution is -1.96. The minimum atomic E-state index is 0.872. The highest BCUT2D eigenvalue weighted by Crippen LogP contribution is 2.19. The summed E-state index contributed by atoms with van der Waals surface area (Å²) in [5.74, 6) is 0.887. The van der Waals surface area contributed by atoms with Crippen molar-refractivity contribution in [2.75, 3.05) is 0 Å². The number of hydrogen-bond donors (Lipinski definition) is 0. The molecule has 2 heterocycles. The second kappa shape index (κ2) is 3.25. The molecule has 2 rings (SSSR count). The Morgan fingerprint density at radius 2 is 2.21 bits per heavy atom. The predicted molar refractivity (Wildman–Crippen MR) is 52.6 cm³/mol. The van der Waals surface area contributed by atoms with Crippen molar-refractivity contribution in [2.45, 2.75) is 20.4 Å². The van der Waals surface area contributed by atoms with Gasteiger partial charge in [0, 0.05) is 19.8 Å². The van der Waals surface area contributed by atoms with Gasteiger partial charge < -0.3 is 4.57 Å². The van der Waals surface area contributed by atoms with Crippen molar-refractivity contribution in [3.63, 3.8) is 0 Å². The van der Waals surface area contributed by atoms with E-state index in [0.29, 0.717) is 0 Å². The maximum atomic E-state index is 4.28. The molecular weight excluding hydrogens is 178 g/mol. The monoisotopic (exact) mass is 191 g/mol. The molecule has 0 N–H and O–H groups in total. The second-order valence-electron chi connectivity index (χ2n) is 3.24. The van der Waals surface area contributed by atoms with Crippen LogP contribution < -0.4 is 0 Å². The molecule has 0 aliphatic heterocycles. The second-order valence-corrected chi connectivity index (χ2v) is 3.24. The van der Waals surface area contributed by atoms with Crippen LogP contribution in [0.2, 0.25) is 0 Å². The van der Waals surface area contributed by atoms with E-state index in [1.807, 2.05) is 24.7 Å². The first kappa shape index (κ1) is 8.93. The first-order chi connectivity index (χ1) is 6.72. The third-order valence-electron chi connectivity index (χ3n) is 2.21. The van der Waals surface area contributed by atoms with Crippen molar-refractivity contribution in [3.05, 3.63) is 18.2 Å². The van der Waals surface area contributed by atoms with Crippen LogP contribution in [0.1, 0.15) is 12.6 Å². The molecule has 0 unspecified atom stereocenters. The lowest BCUT2D eigenvalue weighted by atomic mass is 10.2. The predicted octanol–water partition coefficient (Wildman–Crippen LogP) is 1.01. The van der Waals surface area contributed by atoms with Gasteiger partial charge in [0.2, 0.25) is 0 Å². The summed E-state index contributed by atoms with van der Waals surface area (Å²) in [7, 11) is 1.91. The van der Waals surface area contributed by atoms with Crippen molar-refractivity contribution in [3.8, 4) is 11.4 Å². The van der Waals surface area contributed by atoms with E-state index in [2.05, 4.69) is 22.2 Å². The van der Waals surface area contributed by atoms with Gasteiger partial charge in [0.05, 0.1) is 11.3 Å². The van der Waals surface area contributed by atoms with E-state index in [0.717, 1.165) is 23.6 Å². The molecule has 0 saturated heterocycles. The molecule has 0 saturated carbocycles. The molecule has 5 nitrogen and oxygen atoms in total. The van der Waals surface area contributed by atoms with Gasteiger partial charge in [0.15, 0.2) is 5.82 Å². The van der Waals surface area contributed by atoms with Crippen LogP contribution in [-0.2, 0) is 13.6 Å². The summed E-state index contributed by atoms with van der Waals surface area (Å²) in [4.78, 5) is 0. The van der Waals surface area contributed by atoms with Gasteiger partial charge in [-0.2, -0.15) is 5.10 Å². The molecule has 0 spiro atoms. The SMILES string of the molecule is CCn1cnnc1-c1cn(C)nc1C. The number of nitrogens with zero attached hydrogens (tertiary/aromatic N) is 5. The average Bonchev–Trinajstić information content (AvgIpc) is 2.71. The fourth-order valence-electron chi connectivity index (χ4n) is 1.51. The topological polar surface area (TPSA) is 48.5 Å². The number of hydrogen-bond acceptors (Lipinski definition) is 3. The van der Waals surface area contributed by atoms with Gasteiger partial charge in [-0.1, -0.05) is 0 Å². The van der Waals surface area contributed by atoms with Crippen molar-refractivity contribution in [2.24, 2.45) is 7.05 Å². The highest BCUT2D eigenvalue weighted by Gasteiger charge is 2.11. The van der Waals surface area contributed by atoms with E-state index in [9.17, 15) is 0 Å². The smallest absolute Gasteiger partial charge is 0.167 e. The summed E-state index contributed by atoms with van der Waals surface area (Å²) >= 11 is 0. The highest BCUT2D eigenvalue weighted by atomic mass is 15.3. The molecule has 0 radical (unpaired) electrons. The van der Waals surface area contributed by atoms with Crippen LogP contribution in [0.3, 0.4) is 0 Å². The Balaban J connectivity index is 2.53. The summed E-state index contributed by atoms with van der Waals surface area (Å²) in [6, 6.07) is 0. The molecule has 5 heteroatoms. The van der Waals surface area contributed by atoms with Crippen molar-refractivity contribution in [1.82, 2.24) is 24.5 Å². The molecule has 0 aromatic carbocycles. The summed E-state index contributed by atoms with van der Waals surface area (Å²) in [6.07, 6.45) is 3.70. The van der Waals surface area contributed by atoms with E-state index in [4.69, 9.17) is 0 Å². The molecule has 2 aromatic heterocycles. The van der Waals surface area contributed by atoms with Crippen molar-refractivity contribution < 1.29 is 0 Å². The van der Waals surface area contributed by atoms with E-state index in [1.54, 1.807) is 11.0 Å². The van der Waals surface area contributed by atoms with Gasteiger partial charge in [0.25, 0.3) is 0 Å². The largest absolute Gasteiger partial charge is 0.314 e. The van der Waals surface area contributed by atoms with E-state index < -0.39 is 0 Å². The van der Waals surface area contributed by atoms with Gasteiger partial charge in [-0.3, -0.25) is 4.68 Å². The van der Waals surface area contributed by atoms with Gasteiger partial charge in [-0.25, -0.2) is 0 Å². The zero-order chi connectivity index (χ0) is 10.1. The molecule has 0 bridgehead atoms. The van der Waals surface area contributed by atoms with E-state index in [-0.39, 0.29) is 0 Å². The molecule has 0 amide bonds. The maximum Gasteiger partial charge on any atom is 0.167 e. The maximum absolute atomic E-state index is 4.28. The minimum absolute atomic E-state index is 0.872. The van der Waals surface area contributed by atoms with Gasteiger partial charge in [-0.05, 0) is 13.8 Å². The Morgan fingerprint density at radius 3 is 2.79 bits per heavy atom. The molecule has 0 aliphatic rings. The van der Waals surface area contributed by atoms with Crippen LogP contribution in [0.15, 0.2) is 12.5 Å². The normalized spacial score (nSPS) is 10.8. The fourth-order valence-corrected chi connectivity index (χ4v) is 1.51. The van der Waals surface area contributed by atoms with Crippen LogP contribution in [0.5, 0.6) is 0 Å². The number of aryl methyl sites for hydroxylation is 3. The van der Waals surface area contributed by atoms with E-state index in [1.165, 1.54) is 0 Å². The Morgan fingerprint density at radius 1 is 1.43 bits per heavy atom. The molecular formula is C9H13N5. The minimum Gasteiger partial charge on any atom is -0.314 e. The Hall–Kier alpha value is -1.65. The Kier molecular flexibility index (Phi) is 2.07. The van der Waals surface area contributed by atoms with Crippen LogP contribution in [-0.4, -0.2) is 24.5 Å². The van der Waals surface area contributed by atoms with Crippen LogP contribution in [0, 0.1) is 6.92 Å². The zero-order valence-electron chi connectivity index (χ0n) is 8.60. The van der Waals surface area contributed by atoms with Gasteiger partial charge in [0.1, 0.15) is 6.33 Å². The van der Waals surface area contributed by atoms with Crippen LogP contribution >= 0.6 is 0 Å². The molecule has 74 valence electrons.